The third kappa shape index (κ3) is 5.73. The predicted molar refractivity (Wildman–Crippen MR) is 62.4 cm³/mol. The van der Waals surface area contributed by atoms with Gasteiger partial charge < -0.3 is 9.64 Å². The Hall–Kier alpha value is -1.51. The fraction of sp³-hybridized carbons (Fsp3) is 0.417. The summed E-state index contributed by atoms with van der Waals surface area (Å²) in [6.45, 7) is 12.6. The molecule has 0 aliphatic rings. The second-order valence-electron chi connectivity index (χ2n) is 3.06. The molecule has 0 saturated heterocycles. The van der Waals surface area contributed by atoms with Crippen LogP contribution < -0.4 is 0 Å². The molecule has 0 heterocycles. The van der Waals surface area contributed by atoms with Crippen LogP contribution >= 0.6 is 0 Å². The van der Waals surface area contributed by atoms with Crippen molar-refractivity contribution in [3.8, 4) is 0 Å². The minimum Gasteiger partial charge on any atom is -0.463 e. The molecule has 0 amide bonds. The molecule has 15 heavy (non-hydrogen) atoms. The van der Waals surface area contributed by atoms with Gasteiger partial charge in [-0.15, -0.1) is 13.2 Å². The van der Waals surface area contributed by atoms with Gasteiger partial charge in [0.15, 0.2) is 0 Å². The number of rotatable bonds is 7. The maximum Gasteiger partial charge on any atom is 0.335 e. The van der Waals surface area contributed by atoms with E-state index in [-0.39, 0.29) is 5.97 Å². The van der Waals surface area contributed by atoms with Crippen LogP contribution in [0.2, 0.25) is 0 Å². The molecule has 0 aliphatic carbocycles. The van der Waals surface area contributed by atoms with Gasteiger partial charge in [-0.25, -0.2) is 4.79 Å². The first kappa shape index (κ1) is 13.5. The summed E-state index contributed by atoms with van der Waals surface area (Å²) in [4.78, 5) is 13.3. The minimum atomic E-state index is -0.282. The van der Waals surface area contributed by atoms with E-state index in [4.69, 9.17) is 4.74 Å². The van der Waals surface area contributed by atoms with Crippen LogP contribution in [0.1, 0.15) is 13.8 Å². The maximum absolute atomic E-state index is 11.3. The summed E-state index contributed by atoms with van der Waals surface area (Å²) in [5, 5.41) is 0. The average molecular weight is 209 g/mol. The van der Waals surface area contributed by atoms with E-state index >= 15 is 0 Å². The van der Waals surface area contributed by atoms with Gasteiger partial charge in [0.25, 0.3) is 0 Å². The van der Waals surface area contributed by atoms with E-state index in [1.807, 2.05) is 4.90 Å². The van der Waals surface area contributed by atoms with E-state index in [2.05, 4.69) is 13.2 Å². The molecule has 84 valence electrons. The molecule has 0 bridgehead atoms. The van der Waals surface area contributed by atoms with Crippen molar-refractivity contribution < 1.29 is 9.53 Å². The molecule has 3 nitrogen and oxygen atoms in total. The van der Waals surface area contributed by atoms with Crippen LogP contribution in [-0.2, 0) is 9.53 Å². The summed E-state index contributed by atoms with van der Waals surface area (Å²) in [6.07, 6.45) is 5.32. The zero-order valence-electron chi connectivity index (χ0n) is 9.53. The van der Waals surface area contributed by atoms with Crippen molar-refractivity contribution in [2.45, 2.75) is 13.8 Å². The van der Waals surface area contributed by atoms with Gasteiger partial charge in [-0.3, -0.25) is 0 Å². The Kier molecular flexibility index (Phi) is 7.06. The van der Waals surface area contributed by atoms with Gasteiger partial charge in [0, 0.05) is 24.9 Å². The van der Waals surface area contributed by atoms with Crippen LogP contribution in [0.4, 0.5) is 0 Å². The lowest BCUT2D eigenvalue weighted by Gasteiger charge is -2.17. The highest BCUT2D eigenvalue weighted by Crippen LogP contribution is 2.01. The second kappa shape index (κ2) is 7.85. The molecule has 0 unspecified atom stereocenters. The highest BCUT2D eigenvalue weighted by molar-refractivity contribution is 5.87. The molecule has 0 radical (unpaired) electrons. The number of ether oxygens (including phenoxy) is 1. The number of carbonyl (C=O) groups is 1. The topological polar surface area (TPSA) is 29.5 Å². The monoisotopic (exact) mass is 209 g/mol. The molecule has 0 aliphatic heterocycles. The summed E-state index contributed by atoms with van der Waals surface area (Å²) in [5.74, 6) is -0.282. The van der Waals surface area contributed by atoms with Gasteiger partial charge in [0.1, 0.15) is 0 Å². The van der Waals surface area contributed by atoms with Crippen LogP contribution in [0.5, 0.6) is 0 Å². The molecule has 3 heteroatoms. The van der Waals surface area contributed by atoms with Crippen molar-refractivity contribution in [1.29, 1.82) is 0 Å². The number of carbonyl (C=O) groups excluding carboxylic acids is 1. The van der Waals surface area contributed by atoms with Crippen LogP contribution in [0.15, 0.2) is 37.1 Å². The smallest absolute Gasteiger partial charge is 0.335 e. The van der Waals surface area contributed by atoms with Crippen molar-refractivity contribution in [3.63, 3.8) is 0 Å². The van der Waals surface area contributed by atoms with E-state index in [1.54, 1.807) is 32.2 Å². The van der Waals surface area contributed by atoms with Crippen LogP contribution in [-0.4, -0.2) is 30.6 Å². The molecule has 0 rings (SSSR count). The fourth-order valence-corrected chi connectivity index (χ4v) is 1.08. The van der Waals surface area contributed by atoms with Crippen molar-refractivity contribution in [2.24, 2.45) is 0 Å². The normalized spacial score (nSPS) is 10.7. The van der Waals surface area contributed by atoms with Gasteiger partial charge in [0.2, 0.25) is 0 Å². The minimum absolute atomic E-state index is 0.282. The second-order valence-corrected chi connectivity index (χ2v) is 3.06. The van der Waals surface area contributed by atoms with Crippen molar-refractivity contribution in [1.82, 2.24) is 4.90 Å². The van der Waals surface area contributed by atoms with Gasteiger partial charge in [0.05, 0.1) is 6.61 Å². The molecule has 0 atom stereocenters. The molecular weight excluding hydrogens is 190 g/mol. The summed E-state index contributed by atoms with van der Waals surface area (Å²) in [6, 6.07) is 0. The van der Waals surface area contributed by atoms with Crippen molar-refractivity contribution in [3.05, 3.63) is 37.1 Å². The van der Waals surface area contributed by atoms with Gasteiger partial charge in [-0.1, -0.05) is 12.2 Å². The zero-order valence-corrected chi connectivity index (χ0v) is 9.53. The first-order chi connectivity index (χ1) is 7.15. The van der Waals surface area contributed by atoms with Gasteiger partial charge in [-0.05, 0) is 13.8 Å². The van der Waals surface area contributed by atoms with Crippen LogP contribution in [0.25, 0.3) is 0 Å². The van der Waals surface area contributed by atoms with E-state index in [0.29, 0.717) is 25.3 Å². The molecule has 0 N–H and O–H groups in total. The summed E-state index contributed by atoms with van der Waals surface area (Å²) < 4.78 is 4.88. The van der Waals surface area contributed by atoms with Crippen LogP contribution in [0, 0.1) is 0 Å². The van der Waals surface area contributed by atoms with E-state index in [1.165, 1.54) is 0 Å². The molecule has 0 aromatic carbocycles. The molecule has 0 spiro atoms. The summed E-state index contributed by atoms with van der Waals surface area (Å²) >= 11 is 0. The lowest BCUT2D eigenvalue weighted by Crippen LogP contribution is -2.19. The quantitative estimate of drug-likeness (QED) is 0.365. The standard InChI is InChI=1S/C12H19NO2/c1-5-8-13(9-6-2)10-11(4)12(14)15-7-3/h5-6,10H,1-2,7-9H2,3-4H3. The summed E-state index contributed by atoms with van der Waals surface area (Å²) in [5.41, 5.74) is 0.584. The van der Waals surface area contributed by atoms with Crippen molar-refractivity contribution >= 4 is 5.97 Å². The average Bonchev–Trinajstić information content (AvgIpc) is 2.18. The maximum atomic E-state index is 11.3. The van der Waals surface area contributed by atoms with Gasteiger partial charge >= 0.3 is 5.97 Å². The zero-order chi connectivity index (χ0) is 11.7. The highest BCUT2D eigenvalue weighted by atomic mass is 16.5. The third-order valence-electron chi connectivity index (χ3n) is 1.70. The number of hydrogen-bond donors (Lipinski definition) is 0. The molecule has 0 aromatic heterocycles. The largest absolute Gasteiger partial charge is 0.463 e. The lowest BCUT2D eigenvalue weighted by atomic mass is 10.3. The first-order valence-corrected chi connectivity index (χ1v) is 4.97. The van der Waals surface area contributed by atoms with E-state index in [9.17, 15) is 4.79 Å². The Morgan fingerprint density at radius 3 is 2.27 bits per heavy atom. The van der Waals surface area contributed by atoms with E-state index < -0.39 is 0 Å². The number of hydrogen-bond acceptors (Lipinski definition) is 3. The predicted octanol–water partition coefficient (Wildman–Crippen LogP) is 2.13. The molecule has 0 aromatic rings. The molecule has 0 saturated carbocycles. The Morgan fingerprint density at radius 1 is 1.33 bits per heavy atom. The lowest BCUT2D eigenvalue weighted by molar-refractivity contribution is -0.138. The Balaban J connectivity index is 4.43. The molecular formula is C12H19NO2. The number of esters is 1. The first-order valence-electron chi connectivity index (χ1n) is 4.97. The van der Waals surface area contributed by atoms with Crippen molar-refractivity contribution in [2.75, 3.05) is 19.7 Å². The third-order valence-corrected chi connectivity index (χ3v) is 1.70. The van der Waals surface area contributed by atoms with Crippen LogP contribution in [0.3, 0.4) is 0 Å². The van der Waals surface area contributed by atoms with Gasteiger partial charge in [-0.2, -0.15) is 0 Å². The SMILES string of the molecule is C=CCN(C=C(C)C(=O)OCC)CC=C. The highest BCUT2D eigenvalue weighted by Gasteiger charge is 2.05. The Labute approximate surface area is 91.7 Å². The fourth-order valence-electron chi connectivity index (χ4n) is 1.08. The number of nitrogens with zero attached hydrogens (tertiary/aromatic N) is 1. The Morgan fingerprint density at radius 2 is 1.87 bits per heavy atom. The molecule has 0 fully saturated rings. The Bertz CT molecular complexity index is 246. The summed E-state index contributed by atoms with van der Waals surface area (Å²) in [7, 11) is 0. The van der Waals surface area contributed by atoms with E-state index in [0.717, 1.165) is 0 Å².